The topological polar surface area (TPSA) is 77.8 Å². The van der Waals surface area contributed by atoms with Crippen molar-refractivity contribution in [2.75, 3.05) is 6.54 Å². The monoisotopic (exact) mass is 415 g/mol. The van der Waals surface area contributed by atoms with Crippen molar-refractivity contribution in [3.05, 3.63) is 48.0 Å². The number of allylic oxidation sites excluding steroid dienone is 1. The summed E-state index contributed by atoms with van der Waals surface area (Å²) in [5.41, 5.74) is 1.34. The summed E-state index contributed by atoms with van der Waals surface area (Å²) < 4.78 is 0. The minimum Gasteiger partial charge on any atom is -0.481 e. The molecule has 2 rings (SSSR count). The summed E-state index contributed by atoms with van der Waals surface area (Å²) in [5, 5.41) is 19.2. The second-order valence-electron chi connectivity index (χ2n) is 8.50. The van der Waals surface area contributed by atoms with Gasteiger partial charge in [0, 0.05) is 25.4 Å². The molecular weight excluding hydrogens is 378 g/mol. The lowest BCUT2D eigenvalue weighted by Gasteiger charge is -2.26. The molecule has 1 saturated heterocycles. The number of rotatable bonds is 14. The van der Waals surface area contributed by atoms with E-state index in [2.05, 4.69) is 31.2 Å². The number of aryl methyl sites for hydroxylation is 1. The van der Waals surface area contributed by atoms with Gasteiger partial charge in [0.25, 0.3) is 0 Å². The van der Waals surface area contributed by atoms with Gasteiger partial charge in [0.2, 0.25) is 5.91 Å². The number of nitrogens with zero attached hydrogens (tertiary/aromatic N) is 1. The average molecular weight is 416 g/mol. The van der Waals surface area contributed by atoms with E-state index in [1.54, 1.807) is 0 Å². The number of carbonyl (C=O) groups excluding carboxylic acids is 1. The Hall–Kier alpha value is -2.14. The number of carboxylic acids is 1. The van der Waals surface area contributed by atoms with Crippen LogP contribution in [0.2, 0.25) is 0 Å². The van der Waals surface area contributed by atoms with E-state index in [1.165, 1.54) is 5.56 Å². The van der Waals surface area contributed by atoms with E-state index < -0.39 is 5.97 Å². The molecule has 30 heavy (non-hydrogen) atoms. The summed E-state index contributed by atoms with van der Waals surface area (Å²) in [6, 6.07) is 10.6. The number of aliphatic carboxylic acids is 1. The van der Waals surface area contributed by atoms with E-state index in [0.717, 1.165) is 44.9 Å². The zero-order valence-corrected chi connectivity index (χ0v) is 18.2. The van der Waals surface area contributed by atoms with E-state index in [-0.39, 0.29) is 30.4 Å². The number of unbranched alkanes of at least 4 members (excludes halogenated alkanes) is 1. The molecule has 2 N–H and O–H groups in total. The van der Waals surface area contributed by atoms with Crippen molar-refractivity contribution in [2.45, 2.75) is 83.3 Å². The average Bonchev–Trinajstić information content (AvgIpc) is 3.08. The van der Waals surface area contributed by atoms with Gasteiger partial charge in [-0.25, -0.2) is 0 Å². The fraction of sp³-hybridized carbons (Fsp3) is 0.600. The number of amides is 1. The molecule has 0 unspecified atom stereocenters. The summed E-state index contributed by atoms with van der Waals surface area (Å²) in [6.45, 7) is 2.70. The van der Waals surface area contributed by atoms with Crippen molar-refractivity contribution < 1.29 is 19.8 Å². The number of carboxylic acid groups (broad SMARTS) is 1. The molecule has 166 valence electrons. The molecule has 5 heteroatoms. The molecule has 1 aliphatic rings. The fourth-order valence-electron chi connectivity index (χ4n) is 4.13. The lowest BCUT2D eigenvalue weighted by atomic mass is 9.92. The Morgan fingerprint density at radius 3 is 2.70 bits per heavy atom. The van der Waals surface area contributed by atoms with Crippen molar-refractivity contribution in [2.24, 2.45) is 5.92 Å². The van der Waals surface area contributed by atoms with Crippen molar-refractivity contribution in [1.29, 1.82) is 0 Å². The van der Waals surface area contributed by atoms with Crippen LogP contribution in [0.15, 0.2) is 42.5 Å². The van der Waals surface area contributed by atoms with Crippen LogP contribution in [0.1, 0.15) is 70.3 Å². The molecule has 1 aliphatic heterocycles. The first-order chi connectivity index (χ1) is 14.5. The first kappa shape index (κ1) is 24.1. The van der Waals surface area contributed by atoms with Gasteiger partial charge < -0.3 is 15.1 Å². The van der Waals surface area contributed by atoms with E-state index in [0.29, 0.717) is 19.4 Å². The molecule has 0 spiro atoms. The van der Waals surface area contributed by atoms with Crippen LogP contribution in [0.5, 0.6) is 0 Å². The molecule has 0 aromatic heterocycles. The highest BCUT2D eigenvalue weighted by molar-refractivity contribution is 5.78. The Morgan fingerprint density at radius 2 is 1.97 bits per heavy atom. The molecule has 1 amide bonds. The van der Waals surface area contributed by atoms with Crippen LogP contribution in [0.25, 0.3) is 0 Å². The highest BCUT2D eigenvalue weighted by atomic mass is 16.4. The molecule has 0 aliphatic carbocycles. The standard InChI is InChI=1S/C25H37NO4/c1-20(10-9-13-21-11-5-4-6-12-21)23(27)17-15-22-16-18-24(28)26(22)19-8-3-2-7-14-25(29)30/h3-6,8,11-12,20,22-23,27H,2,7,9-10,13-19H2,1H3,(H,29,30)/b8-3-/t20-,22-,23+/m0/s1. The molecule has 1 aromatic rings. The molecule has 5 nitrogen and oxygen atoms in total. The predicted octanol–water partition coefficient (Wildman–Crippen LogP) is 4.59. The van der Waals surface area contributed by atoms with Gasteiger partial charge in [-0.2, -0.15) is 0 Å². The number of aliphatic hydroxyl groups is 1. The molecule has 3 atom stereocenters. The van der Waals surface area contributed by atoms with Crippen LogP contribution in [-0.4, -0.2) is 45.7 Å². The van der Waals surface area contributed by atoms with Gasteiger partial charge >= 0.3 is 5.97 Å². The lowest BCUT2D eigenvalue weighted by molar-refractivity contribution is -0.137. The maximum absolute atomic E-state index is 12.2. The van der Waals surface area contributed by atoms with Crippen molar-refractivity contribution in [3.63, 3.8) is 0 Å². The maximum atomic E-state index is 12.2. The van der Waals surface area contributed by atoms with E-state index in [9.17, 15) is 14.7 Å². The first-order valence-corrected chi connectivity index (χ1v) is 11.4. The minimum atomic E-state index is -0.772. The SMILES string of the molecule is C[C@@H](CCCc1ccccc1)[C@H](O)CC[C@H]1CCC(=O)N1C/C=C\CCCC(=O)O. The largest absolute Gasteiger partial charge is 0.481 e. The fourth-order valence-corrected chi connectivity index (χ4v) is 4.13. The van der Waals surface area contributed by atoms with Gasteiger partial charge in [0.05, 0.1) is 6.10 Å². The zero-order chi connectivity index (χ0) is 21.8. The summed E-state index contributed by atoms with van der Waals surface area (Å²) in [5.74, 6) is -0.333. The van der Waals surface area contributed by atoms with Crippen LogP contribution < -0.4 is 0 Å². The molecule has 0 bridgehead atoms. The van der Waals surface area contributed by atoms with E-state index in [4.69, 9.17) is 5.11 Å². The highest BCUT2D eigenvalue weighted by Gasteiger charge is 2.30. The smallest absolute Gasteiger partial charge is 0.303 e. The van der Waals surface area contributed by atoms with Crippen LogP contribution in [-0.2, 0) is 16.0 Å². The number of hydrogen-bond donors (Lipinski definition) is 2. The Kier molecular flexibility index (Phi) is 10.6. The highest BCUT2D eigenvalue weighted by Crippen LogP contribution is 2.25. The van der Waals surface area contributed by atoms with Gasteiger partial charge in [0.15, 0.2) is 0 Å². The lowest BCUT2D eigenvalue weighted by Crippen LogP contribution is -2.34. The Balaban J connectivity index is 1.67. The molecule has 0 saturated carbocycles. The molecule has 1 aromatic carbocycles. The van der Waals surface area contributed by atoms with Crippen LogP contribution in [0.3, 0.4) is 0 Å². The number of benzene rings is 1. The number of carbonyl (C=O) groups is 2. The second-order valence-corrected chi connectivity index (χ2v) is 8.50. The Bertz CT molecular complexity index is 673. The normalized spacial score (nSPS) is 18.8. The van der Waals surface area contributed by atoms with Gasteiger partial charge in [-0.1, -0.05) is 49.4 Å². The Morgan fingerprint density at radius 1 is 1.20 bits per heavy atom. The maximum Gasteiger partial charge on any atom is 0.303 e. The van der Waals surface area contributed by atoms with Gasteiger partial charge in [-0.05, 0) is 62.8 Å². The van der Waals surface area contributed by atoms with E-state index in [1.807, 2.05) is 23.1 Å². The summed E-state index contributed by atoms with van der Waals surface area (Å²) in [7, 11) is 0. The third-order valence-corrected chi connectivity index (χ3v) is 6.10. The number of aliphatic hydroxyl groups excluding tert-OH is 1. The van der Waals surface area contributed by atoms with Crippen LogP contribution in [0.4, 0.5) is 0 Å². The quantitative estimate of drug-likeness (QED) is 0.344. The molecule has 1 heterocycles. The minimum absolute atomic E-state index is 0.178. The summed E-state index contributed by atoms with van der Waals surface area (Å²) in [4.78, 5) is 24.6. The van der Waals surface area contributed by atoms with Crippen molar-refractivity contribution in [1.82, 2.24) is 4.90 Å². The van der Waals surface area contributed by atoms with Gasteiger partial charge in [-0.3, -0.25) is 9.59 Å². The number of likely N-dealkylation sites (tertiary alicyclic amines) is 1. The van der Waals surface area contributed by atoms with Gasteiger partial charge in [-0.15, -0.1) is 0 Å². The van der Waals surface area contributed by atoms with Crippen molar-refractivity contribution in [3.8, 4) is 0 Å². The first-order valence-electron chi connectivity index (χ1n) is 11.4. The Labute approximate surface area is 180 Å². The van der Waals surface area contributed by atoms with Crippen LogP contribution >= 0.6 is 0 Å². The summed E-state index contributed by atoms with van der Waals surface area (Å²) in [6.07, 6.45) is 11.3. The predicted molar refractivity (Wildman–Crippen MR) is 119 cm³/mol. The van der Waals surface area contributed by atoms with Crippen molar-refractivity contribution >= 4 is 11.9 Å². The molecule has 0 radical (unpaired) electrons. The third kappa shape index (κ3) is 8.70. The molecule has 1 fully saturated rings. The third-order valence-electron chi connectivity index (χ3n) is 6.10. The second kappa shape index (κ2) is 13.2. The summed E-state index contributed by atoms with van der Waals surface area (Å²) >= 11 is 0. The van der Waals surface area contributed by atoms with Crippen LogP contribution in [0, 0.1) is 5.92 Å². The zero-order valence-electron chi connectivity index (χ0n) is 18.2. The van der Waals surface area contributed by atoms with Gasteiger partial charge in [0.1, 0.15) is 0 Å². The number of hydrogen-bond acceptors (Lipinski definition) is 3. The molecular formula is C25H37NO4. The van der Waals surface area contributed by atoms with E-state index >= 15 is 0 Å².